The van der Waals surface area contributed by atoms with Gasteiger partial charge in [-0.05, 0) is 73.7 Å². The molecule has 0 bridgehead atoms. The lowest BCUT2D eigenvalue weighted by Gasteiger charge is -2.35. The van der Waals surface area contributed by atoms with Crippen LogP contribution in [0.15, 0.2) is 72.9 Å². The summed E-state index contributed by atoms with van der Waals surface area (Å²) in [5.41, 5.74) is 5.26. The third kappa shape index (κ3) is 8.78. The van der Waals surface area contributed by atoms with Gasteiger partial charge < -0.3 is 19.4 Å². The molecule has 0 amide bonds. The van der Waals surface area contributed by atoms with Crippen LogP contribution in [0.5, 0.6) is 11.5 Å². The maximum Gasteiger partial charge on any atom is 0.573 e. The van der Waals surface area contributed by atoms with Gasteiger partial charge in [0.1, 0.15) is 17.3 Å². The van der Waals surface area contributed by atoms with Crippen molar-refractivity contribution in [1.82, 2.24) is 19.7 Å². The van der Waals surface area contributed by atoms with Crippen LogP contribution in [0.1, 0.15) is 49.7 Å². The quantitative estimate of drug-likeness (QED) is 0.151. The zero-order valence-corrected chi connectivity index (χ0v) is 27.6. The molecule has 2 fully saturated rings. The number of nitrogens with one attached hydrogen (secondary N) is 1. The second-order valence-electron chi connectivity index (χ2n) is 12.9. The monoisotopic (exact) mass is 662 g/mol. The zero-order chi connectivity index (χ0) is 33.5. The largest absolute Gasteiger partial charge is 0.573 e. The molecule has 2 aliphatic rings. The molecule has 256 valence electrons. The van der Waals surface area contributed by atoms with Crippen LogP contribution in [0.25, 0.3) is 22.0 Å². The summed E-state index contributed by atoms with van der Waals surface area (Å²) in [7, 11) is 1.71. The summed E-state index contributed by atoms with van der Waals surface area (Å²) in [4.78, 5) is 17.6. The van der Waals surface area contributed by atoms with Crippen molar-refractivity contribution in [2.75, 3.05) is 39.8 Å². The molecule has 0 radical (unpaired) electrons. The van der Waals surface area contributed by atoms with Gasteiger partial charge in [-0.25, -0.2) is 0 Å². The lowest BCUT2D eigenvalue weighted by atomic mass is 9.98. The Balaban J connectivity index is 1.14. The van der Waals surface area contributed by atoms with Crippen LogP contribution in [0.4, 0.5) is 13.2 Å². The lowest BCUT2D eigenvalue weighted by molar-refractivity contribution is -0.274. The Hall–Kier alpha value is -3.86. The summed E-state index contributed by atoms with van der Waals surface area (Å²) in [6.07, 6.45) is 2.77. The Bertz CT molecular complexity index is 1660. The molecule has 7 nitrogen and oxygen atoms in total. The van der Waals surface area contributed by atoms with E-state index in [9.17, 15) is 18.0 Å². The van der Waals surface area contributed by atoms with Gasteiger partial charge in [0.2, 0.25) is 0 Å². The Labute approximate surface area is 280 Å². The predicted octanol–water partition coefficient (Wildman–Crippen LogP) is 7.41. The van der Waals surface area contributed by atoms with Crippen molar-refractivity contribution in [3.63, 3.8) is 0 Å². The van der Waals surface area contributed by atoms with Crippen LogP contribution in [0, 0.1) is 0 Å². The van der Waals surface area contributed by atoms with Gasteiger partial charge in [-0.2, -0.15) is 0 Å². The van der Waals surface area contributed by atoms with E-state index < -0.39 is 6.36 Å². The van der Waals surface area contributed by atoms with Gasteiger partial charge >= 0.3 is 6.36 Å². The number of Topliss-reactive ketones (excluding diaryl/α,β-unsaturated/α-hetero) is 1. The molecule has 2 saturated heterocycles. The minimum atomic E-state index is -4.74. The number of aromatic nitrogens is 1. The van der Waals surface area contributed by atoms with E-state index in [1.807, 2.05) is 18.2 Å². The van der Waals surface area contributed by atoms with E-state index >= 15 is 0 Å². The van der Waals surface area contributed by atoms with Crippen LogP contribution in [0.3, 0.4) is 0 Å². The molecule has 6 rings (SSSR count). The molecular formula is C38H45F3N4O3. The van der Waals surface area contributed by atoms with Gasteiger partial charge in [0.25, 0.3) is 0 Å². The summed E-state index contributed by atoms with van der Waals surface area (Å²) in [6.45, 7) is 7.19. The van der Waals surface area contributed by atoms with Crippen LogP contribution in [0.2, 0.25) is 0 Å². The fourth-order valence-corrected chi connectivity index (χ4v) is 7.01. The number of piperidine rings is 1. The van der Waals surface area contributed by atoms with Crippen molar-refractivity contribution >= 4 is 16.7 Å². The van der Waals surface area contributed by atoms with Crippen LogP contribution in [-0.2, 0) is 24.4 Å². The average Bonchev–Trinajstić information content (AvgIpc) is 3.45. The molecule has 1 unspecified atom stereocenters. The number of alkyl halides is 3. The predicted molar refractivity (Wildman–Crippen MR) is 182 cm³/mol. The second-order valence-corrected chi connectivity index (χ2v) is 12.9. The number of nitrogens with zero attached hydrogens (tertiary/aromatic N) is 3. The highest BCUT2D eigenvalue weighted by Crippen LogP contribution is 2.34. The number of piperazine rings is 1. The smallest absolute Gasteiger partial charge is 0.496 e. The Morgan fingerprint density at radius 3 is 2.38 bits per heavy atom. The number of halogens is 3. The van der Waals surface area contributed by atoms with Crippen LogP contribution < -0.4 is 14.8 Å². The van der Waals surface area contributed by atoms with E-state index in [-0.39, 0.29) is 11.8 Å². The minimum Gasteiger partial charge on any atom is -0.496 e. The fraction of sp³-hybridized carbons (Fsp3) is 0.447. The first-order valence-electron chi connectivity index (χ1n) is 17.1. The Morgan fingerprint density at radius 2 is 1.67 bits per heavy atom. The number of carbonyl (C=O) groups excluding carboxylic acids is 1. The summed E-state index contributed by atoms with van der Waals surface area (Å²) < 4.78 is 50.3. The van der Waals surface area contributed by atoms with Crippen molar-refractivity contribution in [2.45, 2.75) is 70.6 Å². The zero-order valence-electron chi connectivity index (χ0n) is 27.6. The number of unbranched alkanes of at least 4 members (excludes halogenated alkanes) is 1. The third-order valence-corrected chi connectivity index (χ3v) is 9.57. The molecule has 1 N–H and O–H groups in total. The average molecular weight is 663 g/mol. The summed E-state index contributed by atoms with van der Waals surface area (Å²) in [5.74, 6) is 0.987. The molecule has 3 heterocycles. The van der Waals surface area contributed by atoms with Gasteiger partial charge in [0.15, 0.2) is 0 Å². The van der Waals surface area contributed by atoms with Gasteiger partial charge in [0, 0.05) is 80.5 Å². The van der Waals surface area contributed by atoms with E-state index in [0.29, 0.717) is 12.2 Å². The highest BCUT2D eigenvalue weighted by molar-refractivity contribution is 5.96. The third-order valence-electron chi connectivity index (χ3n) is 9.57. The number of ether oxygens (including phenoxy) is 2. The molecule has 0 saturated carbocycles. The van der Waals surface area contributed by atoms with E-state index in [1.165, 1.54) is 23.3 Å². The maximum atomic E-state index is 12.8. The standard InChI is InChI=1S/C38H45F3N4O3/c1-47-37-11-3-2-8-30(37)26-44-22-20-43(21-23-44)25-28-12-17-35-32(24-28)33(29-13-15-31(16-14-29)48-38(39,40)41)27-45(35)19-7-5-10-36(46)34-9-4-6-18-42-34/h2-3,8,11-17,24,27,34,42H,4-7,9-10,18-23,25-26H2,1H3. The highest BCUT2D eigenvalue weighted by Gasteiger charge is 2.31. The number of hydrogen-bond donors (Lipinski definition) is 1. The van der Waals surface area contributed by atoms with E-state index in [1.54, 1.807) is 19.2 Å². The Morgan fingerprint density at radius 1 is 0.917 bits per heavy atom. The number of carbonyl (C=O) groups is 1. The molecule has 0 spiro atoms. The fourth-order valence-electron chi connectivity index (χ4n) is 7.01. The summed E-state index contributed by atoms with van der Waals surface area (Å²) in [5, 5.41) is 4.42. The first-order chi connectivity index (χ1) is 23.3. The molecule has 1 aromatic heterocycles. The van der Waals surface area contributed by atoms with E-state index in [2.05, 4.69) is 54.9 Å². The van der Waals surface area contributed by atoms with Crippen molar-refractivity contribution in [1.29, 1.82) is 0 Å². The molecule has 3 aromatic carbocycles. The summed E-state index contributed by atoms with van der Waals surface area (Å²) in [6, 6.07) is 20.8. The highest BCUT2D eigenvalue weighted by atomic mass is 19.4. The number of benzene rings is 3. The van der Waals surface area contributed by atoms with E-state index in [0.717, 1.165) is 112 Å². The molecule has 10 heteroatoms. The van der Waals surface area contributed by atoms with Crippen molar-refractivity contribution in [2.24, 2.45) is 0 Å². The number of fused-ring (bicyclic) bond motifs is 1. The molecule has 1 atom stereocenters. The van der Waals surface area contributed by atoms with Crippen LogP contribution >= 0.6 is 0 Å². The SMILES string of the molecule is COc1ccccc1CN1CCN(Cc2ccc3c(c2)c(-c2ccc(OC(F)(F)F)cc2)cn3CCCCC(=O)C2CCCCN2)CC1. The van der Waals surface area contributed by atoms with Gasteiger partial charge in [-0.3, -0.25) is 14.6 Å². The Kier molecular flexibility index (Phi) is 11.0. The van der Waals surface area contributed by atoms with Gasteiger partial charge in [-0.15, -0.1) is 13.2 Å². The number of aryl methyl sites for hydroxylation is 1. The number of hydrogen-bond acceptors (Lipinski definition) is 6. The second kappa shape index (κ2) is 15.6. The van der Waals surface area contributed by atoms with Crippen molar-refractivity contribution in [3.8, 4) is 22.6 Å². The molecule has 2 aliphatic heterocycles. The van der Waals surface area contributed by atoms with Crippen molar-refractivity contribution < 1.29 is 27.4 Å². The number of ketones is 1. The van der Waals surface area contributed by atoms with Crippen molar-refractivity contribution in [3.05, 3.63) is 84.1 Å². The normalized spacial score (nSPS) is 17.9. The van der Waals surface area contributed by atoms with E-state index in [4.69, 9.17) is 4.74 Å². The molecule has 4 aromatic rings. The number of para-hydroxylation sites is 1. The molecule has 0 aliphatic carbocycles. The first-order valence-corrected chi connectivity index (χ1v) is 17.1. The molecular weight excluding hydrogens is 617 g/mol. The van der Waals surface area contributed by atoms with Crippen LogP contribution in [-0.4, -0.2) is 72.4 Å². The number of methoxy groups -OCH3 is 1. The van der Waals surface area contributed by atoms with Gasteiger partial charge in [-0.1, -0.05) is 42.8 Å². The first kappa shape index (κ1) is 34.0. The lowest BCUT2D eigenvalue weighted by Crippen LogP contribution is -2.45. The number of rotatable bonds is 13. The maximum absolute atomic E-state index is 12.8. The topological polar surface area (TPSA) is 59.0 Å². The minimum absolute atomic E-state index is 0.00386. The summed E-state index contributed by atoms with van der Waals surface area (Å²) >= 11 is 0. The van der Waals surface area contributed by atoms with Gasteiger partial charge in [0.05, 0.1) is 13.2 Å². The molecule has 48 heavy (non-hydrogen) atoms.